The van der Waals surface area contributed by atoms with Gasteiger partial charge in [0.25, 0.3) is 0 Å². The highest BCUT2D eigenvalue weighted by Crippen LogP contribution is 2.62. The van der Waals surface area contributed by atoms with Gasteiger partial charge in [-0.3, -0.25) is 0 Å². The molecule has 0 fully saturated rings. The molecule has 0 saturated carbocycles. The van der Waals surface area contributed by atoms with Crippen LogP contribution in [0.15, 0.2) is 420 Å². The van der Waals surface area contributed by atoms with Crippen molar-refractivity contribution in [3.8, 4) is 135 Å². The third kappa shape index (κ3) is 14.3. The molecule has 0 saturated heterocycles. The van der Waals surface area contributed by atoms with Crippen LogP contribution in [0.1, 0.15) is 141 Å². The molecule has 0 unspecified atom stereocenters. The highest BCUT2D eigenvalue weighted by Gasteiger charge is 2.51. The van der Waals surface area contributed by atoms with Gasteiger partial charge in [0.15, 0.2) is 34.9 Å². The number of anilines is 3. The Bertz CT molecular complexity index is 9040. The van der Waals surface area contributed by atoms with Crippen LogP contribution < -0.4 is 4.90 Å². The van der Waals surface area contributed by atoms with Gasteiger partial charge >= 0.3 is 0 Å². The quantitative estimate of drug-likeness (QED) is 0.124. The van der Waals surface area contributed by atoms with Gasteiger partial charge in [-0.1, -0.05) is 418 Å². The number of aromatic nitrogens is 6. The van der Waals surface area contributed by atoms with Crippen molar-refractivity contribution in [3.05, 3.63) is 451 Å². The summed E-state index contributed by atoms with van der Waals surface area (Å²) < 4.78 is 20.0. The molecule has 0 atom stereocenters. The Morgan fingerprint density at radius 1 is 0.186 bits per heavy atom. The van der Waals surface area contributed by atoms with E-state index in [4.69, 9.17) is 43.2 Å². The van der Waals surface area contributed by atoms with Crippen molar-refractivity contribution >= 4 is 82.9 Å². The van der Waals surface area contributed by atoms with E-state index in [-0.39, 0.29) is 37.9 Å². The molecule has 702 valence electrons. The van der Waals surface area contributed by atoms with Crippen molar-refractivity contribution in [3.63, 3.8) is 0 Å². The van der Waals surface area contributed by atoms with Crippen molar-refractivity contribution < 1.29 is 13.3 Å². The lowest BCUT2D eigenvalue weighted by molar-refractivity contribution is 0.299. The molecule has 0 spiro atoms. The lowest BCUT2D eigenvalue weighted by Crippen LogP contribution is -2.43. The van der Waals surface area contributed by atoms with Gasteiger partial charge in [-0.05, 0) is 212 Å². The number of furan rings is 3. The summed E-state index contributed by atoms with van der Waals surface area (Å²) in [5.74, 6) is 3.88. The van der Waals surface area contributed by atoms with Crippen LogP contribution in [0.5, 0.6) is 0 Å². The van der Waals surface area contributed by atoms with Crippen molar-refractivity contribution in [2.75, 3.05) is 4.90 Å². The molecule has 0 N–H and O–H groups in total. The van der Waals surface area contributed by atoms with Crippen molar-refractivity contribution in [1.82, 2.24) is 29.9 Å². The standard InChI is InChI=1S/2C45H35N3O.C45H39NO/c1-44(2)36-24-12-11-21-35(36)38-37(45(44,3)4)26-25-34-33-23-14-22-32(39(33)49-40(34)38)30-19-13-20-31(27-30)43-47-41(28-15-7-5-8-16-28)46-42(48-43)29-17-9-6-10-18-29;1-44(2)37-25-31(22-23-33(37)35-27-40-36(26-38(35)45(44,3)4)34-20-11-12-21-39(34)49-40)30-18-13-19-32(24-30)43-47-41(28-14-7-5-8-15-28)46-42(48-43)29-16-9-6-10-17-29;1-43(2)36-18-12-10-16-31(36)33-22-20-30(27-38(33)43)46(28-14-8-7-9-15-28)29-21-24-39-35(26-29)41-40(47-39)25-23-34-32-17-11-13-19-37(32)44(3,4)45(5,6)42(34)41/h2*5-27H,1-4H3;7-27H,1-6H3. The molecule has 0 amide bonds. The van der Waals surface area contributed by atoms with Crippen LogP contribution >= 0.6 is 0 Å². The first-order valence-corrected chi connectivity index (χ1v) is 50.5. The van der Waals surface area contributed by atoms with Crippen LogP contribution in [-0.2, 0) is 37.9 Å². The number of nitrogens with zero attached hydrogens (tertiary/aromatic N) is 7. The Labute approximate surface area is 846 Å². The minimum atomic E-state index is -0.139. The van der Waals surface area contributed by atoms with E-state index in [2.05, 4.69) is 381 Å². The van der Waals surface area contributed by atoms with Gasteiger partial charge in [-0.15, -0.1) is 0 Å². The molecular weight excluding hydrogens is 1770 g/mol. The van der Waals surface area contributed by atoms with Crippen LogP contribution in [0.4, 0.5) is 17.1 Å². The summed E-state index contributed by atoms with van der Waals surface area (Å²) in [5, 5.41) is 6.98. The minimum absolute atomic E-state index is 0.0440. The van der Waals surface area contributed by atoms with E-state index in [0.29, 0.717) is 34.9 Å². The largest absolute Gasteiger partial charge is 0.456 e. The summed E-state index contributed by atoms with van der Waals surface area (Å²) >= 11 is 0. The number of fused-ring (bicyclic) bond motifs is 23. The van der Waals surface area contributed by atoms with E-state index < -0.39 is 0 Å². The molecule has 23 aromatic rings. The van der Waals surface area contributed by atoms with E-state index in [1.54, 1.807) is 0 Å². The van der Waals surface area contributed by atoms with Gasteiger partial charge in [0.2, 0.25) is 0 Å². The van der Waals surface area contributed by atoms with E-state index in [1.807, 2.05) is 127 Å². The molecule has 4 aliphatic rings. The average Bonchev–Trinajstić information content (AvgIpc) is 1.64. The zero-order chi connectivity index (χ0) is 99.0. The fraction of sp³-hybridized carbons (Fsp3) is 0.156. The van der Waals surface area contributed by atoms with Gasteiger partial charge < -0.3 is 18.2 Å². The molecule has 0 bridgehead atoms. The zero-order valence-electron chi connectivity index (χ0n) is 84.0. The normalized spacial score (nSPS) is 15.1. The number of benzene rings is 18. The van der Waals surface area contributed by atoms with Gasteiger partial charge in [0.1, 0.15) is 33.5 Å². The first kappa shape index (κ1) is 89.5. The zero-order valence-corrected chi connectivity index (χ0v) is 84.0. The van der Waals surface area contributed by atoms with E-state index >= 15 is 0 Å². The minimum Gasteiger partial charge on any atom is -0.456 e. The van der Waals surface area contributed by atoms with Gasteiger partial charge in [-0.25, -0.2) is 29.9 Å². The molecule has 10 heteroatoms. The molecular formula is C135H109N7O3. The summed E-state index contributed by atoms with van der Waals surface area (Å²) in [5.41, 5.74) is 39.5. The maximum atomic E-state index is 7.01. The molecule has 0 radical (unpaired) electrons. The summed E-state index contributed by atoms with van der Waals surface area (Å²) in [6, 6.07) is 144. The van der Waals surface area contributed by atoms with E-state index in [0.717, 1.165) is 117 Å². The fourth-order valence-electron chi connectivity index (χ4n) is 23.6. The third-order valence-electron chi connectivity index (χ3n) is 33.6. The monoisotopic (exact) mass is 1880 g/mol. The topological polar surface area (TPSA) is 120 Å². The Morgan fingerprint density at radius 2 is 0.579 bits per heavy atom. The average molecular weight is 1880 g/mol. The number of rotatable bonds is 11. The second-order valence-electron chi connectivity index (χ2n) is 43.2. The summed E-state index contributed by atoms with van der Waals surface area (Å²) in [4.78, 5) is 32.1. The van der Waals surface area contributed by atoms with Gasteiger partial charge in [0.05, 0.1) is 0 Å². The lowest BCUT2D eigenvalue weighted by atomic mass is 9.55. The summed E-state index contributed by atoms with van der Waals surface area (Å²) in [7, 11) is 0. The highest BCUT2D eigenvalue weighted by molar-refractivity contribution is 6.16. The molecule has 4 aliphatic carbocycles. The van der Waals surface area contributed by atoms with Crippen molar-refractivity contribution in [1.29, 1.82) is 0 Å². The number of hydrogen-bond acceptors (Lipinski definition) is 10. The second kappa shape index (κ2) is 33.7. The molecule has 5 heterocycles. The molecule has 0 aliphatic heterocycles. The van der Waals surface area contributed by atoms with Gasteiger partial charge in [-0.2, -0.15) is 0 Å². The summed E-state index contributed by atoms with van der Waals surface area (Å²) in [6.45, 7) is 33.3. The maximum Gasteiger partial charge on any atom is 0.164 e. The smallest absolute Gasteiger partial charge is 0.164 e. The van der Waals surface area contributed by atoms with Crippen LogP contribution in [-0.4, -0.2) is 29.9 Å². The Kier molecular flexibility index (Phi) is 20.8. The van der Waals surface area contributed by atoms with Crippen molar-refractivity contribution in [2.45, 2.75) is 135 Å². The highest BCUT2D eigenvalue weighted by atomic mass is 16.3. The van der Waals surface area contributed by atoms with Crippen LogP contribution in [0.2, 0.25) is 0 Å². The number of hydrogen-bond donors (Lipinski definition) is 0. The second-order valence-corrected chi connectivity index (χ2v) is 43.2. The predicted octanol–water partition coefficient (Wildman–Crippen LogP) is 35.9. The molecule has 145 heavy (non-hydrogen) atoms. The SMILES string of the molecule is CC1(C)c2cc(-c3cccc(-c4nc(-c5ccccc5)nc(-c5ccccc5)n4)c3)ccc2-c2cc3oc4ccccc4c3cc2C1(C)C.CC1(C)c2ccccc2-c2c(ccc3c2oc2c(-c4cccc(-c5nc(-c6ccccc6)nc(-c6ccccc6)n5)c4)cccc23)C1(C)C.CC1(C)c2ccccc2-c2ccc(N(c3ccccc3)c3ccc4oc5ccc6c(c5c4c3)C(C)(C)C(C)(C)c3ccccc3-6)cc21. The molecule has 10 nitrogen and oxygen atoms in total. The van der Waals surface area contributed by atoms with Crippen LogP contribution in [0, 0.1) is 0 Å². The fourth-order valence-corrected chi connectivity index (χ4v) is 23.6. The van der Waals surface area contributed by atoms with Crippen LogP contribution in [0.3, 0.4) is 0 Å². The number of para-hydroxylation sites is 3. The van der Waals surface area contributed by atoms with Gasteiger partial charge in [0, 0.05) is 105 Å². The van der Waals surface area contributed by atoms with E-state index in [9.17, 15) is 0 Å². The Hall–Kier alpha value is -16.8. The molecule has 18 aromatic carbocycles. The third-order valence-corrected chi connectivity index (χ3v) is 33.6. The Balaban J connectivity index is 0.000000114. The first-order chi connectivity index (χ1) is 70.2. The van der Waals surface area contributed by atoms with E-state index in [1.165, 1.54) is 111 Å². The predicted molar refractivity (Wildman–Crippen MR) is 598 cm³/mol. The first-order valence-electron chi connectivity index (χ1n) is 50.5. The van der Waals surface area contributed by atoms with Crippen molar-refractivity contribution in [2.24, 2.45) is 0 Å². The lowest BCUT2D eigenvalue weighted by Gasteiger charge is -2.48. The molecule has 27 rings (SSSR count). The molecule has 5 aromatic heterocycles. The Morgan fingerprint density at radius 3 is 1.19 bits per heavy atom. The summed E-state index contributed by atoms with van der Waals surface area (Å²) in [6.07, 6.45) is 0. The maximum absolute atomic E-state index is 7.01. The van der Waals surface area contributed by atoms with Crippen LogP contribution in [0.25, 0.3) is 201 Å².